The Morgan fingerprint density at radius 1 is 1.12 bits per heavy atom. The first-order chi connectivity index (χ1) is 12.2. The van der Waals surface area contributed by atoms with Crippen molar-refractivity contribution >= 4 is 21.7 Å². The van der Waals surface area contributed by atoms with Crippen molar-refractivity contribution in [3.05, 3.63) is 35.4 Å². The minimum Gasteiger partial charge on any atom is -0.352 e. The van der Waals surface area contributed by atoms with Gasteiger partial charge in [-0.2, -0.15) is 0 Å². The number of nitrogens with one attached hydrogen (secondary N) is 1. The van der Waals surface area contributed by atoms with E-state index >= 15 is 0 Å². The van der Waals surface area contributed by atoms with Crippen LogP contribution in [-0.4, -0.2) is 81.8 Å². The molecule has 1 aliphatic rings. The summed E-state index contributed by atoms with van der Waals surface area (Å²) in [7, 11) is 2.55. The van der Waals surface area contributed by atoms with Crippen LogP contribution in [0.2, 0.25) is 0 Å². The number of nitrogens with zero attached hydrogens (tertiary/aromatic N) is 2. The van der Waals surface area contributed by atoms with Crippen LogP contribution >= 0.6 is 0 Å². The lowest BCUT2D eigenvalue weighted by atomic mass is 10.1. The van der Waals surface area contributed by atoms with E-state index in [0.29, 0.717) is 24.1 Å². The molecule has 2 amide bonds. The lowest BCUT2D eigenvalue weighted by Gasteiger charge is -2.23. The summed E-state index contributed by atoms with van der Waals surface area (Å²) < 4.78 is 23.2. The third-order valence-electron chi connectivity index (χ3n) is 4.54. The van der Waals surface area contributed by atoms with Gasteiger partial charge in [-0.3, -0.25) is 9.59 Å². The van der Waals surface area contributed by atoms with Crippen molar-refractivity contribution < 1.29 is 18.0 Å². The topological polar surface area (TPSA) is 86.8 Å². The minimum absolute atomic E-state index is 0.0165. The van der Waals surface area contributed by atoms with Gasteiger partial charge in [0.2, 0.25) is 0 Å². The molecule has 144 valence electrons. The van der Waals surface area contributed by atoms with Crippen LogP contribution < -0.4 is 5.32 Å². The Balaban J connectivity index is 1.91. The van der Waals surface area contributed by atoms with Crippen LogP contribution in [0, 0.1) is 0 Å². The molecule has 1 aromatic rings. The van der Waals surface area contributed by atoms with E-state index in [1.165, 1.54) is 4.90 Å². The Morgan fingerprint density at radius 2 is 1.73 bits per heavy atom. The largest absolute Gasteiger partial charge is 0.352 e. The molecule has 0 aromatic heterocycles. The second-order valence-corrected chi connectivity index (χ2v) is 9.19. The Kier molecular flexibility index (Phi) is 6.77. The van der Waals surface area contributed by atoms with Crippen molar-refractivity contribution in [2.45, 2.75) is 18.9 Å². The molecule has 7 nitrogen and oxygen atoms in total. The smallest absolute Gasteiger partial charge is 0.253 e. The van der Waals surface area contributed by atoms with E-state index in [-0.39, 0.29) is 29.4 Å². The summed E-state index contributed by atoms with van der Waals surface area (Å²) in [6.07, 6.45) is 1.34. The third-order valence-corrected chi connectivity index (χ3v) is 6.29. The van der Waals surface area contributed by atoms with Crippen LogP contribution in [0.4, 0.5) is 0 Å². The van der Waals surface area contributed by atoms with Crippen LogP contribution in [0.25, 0.3) is 0 Å². The van der Waals surface area contributed by atoms with Crippen LogP contribution in [-0.2, 0) is 9.84 Å². The van der Waals surface area contributed by atoms with Crippen molar-refractivity contribution in [3.63, 3.8) is 0 Å². The number of hydrogen-bond acceptors (Lipinski definition) is 5. The first kappa shape index (κ1) is 20.4. The molecule has 1 N–H and O–H groups in total. The average Bonchev–Trinajstić information content (AvgIpc) is 2.97. The molecular weight excluding hydrogens is 354 g/mol. The Bertz CT molecular complexity index is 744. The van der Waals surface area contributed by atoms with Crippen molar-refractivity contribution in [1.82, 2.24) is 15.1 Å². The van der Waals surface area contributed by atoms with E-state index in [0.717, 1.165) is 13.0 Å². The number of hydrogen-bond donors (Lipinski definition) is 1. The predicted octanol–water partition coefficient (Wildman–Crippen LogP) is 0.627. The van der Waals surface area contributed by atoms with E-state index in [4.69, 9.17) is 0 Å². The van der Waals surface area contributed by atoms with Crippen LogP contribution in [0.3, 0.4) is 0 Å². The highest BCUT2D eigenvalue weighted by Crippen LogP contribution is 2.18. The van der Waals surface area contributed by atoms with Gasteiger partial charge >= 0.3 is 0 Å². The van der Waals surface area contributed by atoms with Gasteiger partial charge in [-0.25, -0.2) is 8.42 Å². The van der Waals surface area contributed by atoms with E-state index < -0.39 is 9.84 Å². The molecule has 1 heterocycles. The SMILES string of the molecule is CN(C)CCCNC(=O)c1ccc(C(=O)N(C)C2CCS(=O)(=O)C2)cc1. The first-order valence-electron chi connectivity index (χ1n) is 8.70. The van der Waals surface area contributed by atoms with Crippen molar-refractivity contribution in [3.8, 4) is 0 Å². The molecule has 1 unspecified atom stereocenters. The van der Waals surface area contributed by atoms with E-state index in [1.54, 1.807) is 31.3 Å². The molecule has 1 aromatic carbocycles. The fourth-order valence-corrected chi connectivity index (χ4v) is 4.69. The van der Waals surface area contributed by atoms with Crippen LogP contribution in [0.1, 0.15) is 33.6 Å². The molecule has 0 spiro atoms. The molecule has 1 aliphatic heterocycles. The maximum atomic E-state index is 12.5. The first-order valence-corrected chi connectivity index (χ1v) is 10.5. The fraction of sp³-hybridized carbons (Fsp3) is 0.556. The number of amides is 2. The highest BCUT2D eigenvalue weighted by Gasteiger charge is 2.33. The number of carbonyl (C=O) groups excluding carboxylic acids is 2. The van der Waals surface area contributed by atoms with Gasteiger partial charge in [0.15, 0.2) is 9.84 Å². The maximum Gasteiger partial charge on any atom is 0.253 e. The summed E-state index contributed by atoms with van der Waals surface area (Å²) in [4.78, 5) is 28.2. The zero-order valence-electron chi connectivity index (χ0n) is 15.6. The van der Waals surface area contributed by atoms with Crippen molar-refractivity contribution in [2.24, 2.45) is 0 Å². The summed E-state index contributed by atoms with van der Waals surface area (Å²) in [6, 6.07) is 6.17. The number of benzene rings is 1. The molecule has 1 saturated heterocycles. The monoisotopic (exact) mass is 381 g/mol. The highest BCUT2D eigenvalue weighted by molar-refractivity contribution is 7.91. The lowest BCUT2D eigenvalue weighted by molar-refractivity contribution is 0.0747. The van der Waals surface area contributed by atoms with Crippen LogP contribution in [0.5, 0.6) is 0 Å². The maximum absolute atomic E-state index is 12.5. The summed E-state index contributed by atoms with van der Waals surface area (Å²) in [5.74, 6) is -0.256. The van der Waals surface area contributed by atoms with Gasteiger partial charge in [-0.1, -0.05) is 0 Å². The lowest BCUT2D eigenvalue weighted by Crippen LogP contribution is -2.37. The number of carbonyl (C=O) groups is 2. The van der Waals surface area contributed by atoms with Gasteiger partial charge < -0.3 is 15.1 Å². The zero-order chi connectivity index (χ0) is 19.3. The van der Waals surface area contributed by atoms with Gasteiger partial charge in [-0.05, 0) is 57.7 Å². The zero-order valence-corrected chi connectivity index (χ0v) is 16.4. The normalized spacial score (nSPS) is 18.7. The molecule has 1 fully saturated rings. The Hall–Kier alpha value is -1.93. The summed E-state index contributed by atoms with van der Waals surface area (Å²) >= 11 is 0. The highest BCUT2D eigenvalue weighted by atomic mass is 32.2. The predicted molar refractivity (Wildman–Crippen MR) is 101 cm³/mol. The summed E-state index contributed by atoms with van der Waals surface area (Å²) in [5.41, 5.74) is 0.943. The molecule has 0 aliphatic carbocycles. The average molecular weight is 381 g/mol. The van der Waals surface area contributed by atoms with Crippen molar-refractivity contribution in [2.75, 3.05) is 45.7 Å². The quantitative estimate of drug-likeness (QED) is 0.700. The van der Waals surface area contributed by atoms with Gasteiger partial charge in [0.05, 0.1) is 11.5 Å². The molecule has 0 bridgehead atoms. The molecule has 1 atom stereocenters. The van der Waals surface area contributed by atoms with Gasteiger partial charge in [0.25, 0.3) is 11.8 Å². The second-order valence-electron chi connectivity index (χ2n) is 6.96. The minimum atomic E-state index is -3.04. The molecule has 2 rings (SSSR count). The third kappa shape index (κ3) is 5.54. The van der Waals surface area contributed by atoms with Crippen LogP contribution in [0.15, 0.2) is 24.3 Å². The van der Waals surface area contributed by atoms with Gasteiger partial charge in [0.1, 0.15) is 0 Å². The molecular formula is C18H27N3O4S. The molecule has 0 saturated carbocycles. The molecule has 0 radical (unpaired) electrons. The number of rotatable bonds is 7. The van der Waals surface area contributed by atoms with Gasteiger partial charge in [-0.15, -0.1) is 0 Å². The summed E-state index contributed by atoms with van der Waals surface area (Å²) in [6.45, 7) is 1.49. The molecule has 26 heavy (non-hydrogen) atoms. The Morgan fingerprint density at radius 3 is 2.27 bits per heavy atom. The van der Waals surface area contributed by atoms with Gasteiger partial charge in [0, 0.05) is 30.8 Å². The Labute approximate surface area is 155 Å². The standard InChI is InChI=1S/C18H27N3O4S/c1-20(2)11-4-10-19-17(22)14-5-7-15(8-6-14)18(23)21(3)16-9-12-26(24,25)13-16/h5-8,16H,4,9-13H2,1-3H3,(H,19,22). The fourth-order valence-electron chi connectivity index (χ4n) is 2.91. The van der Waals surface area contributed by atoms with E-state index in [2.05, 4.69) is 10.2 Å². The van der Waals surface area contributed by atoms with E-state index in [9.17, 15) is 18.0 Å². The second kappa shape index (κ2) is 8.64. The number of sulfone groups is 1. The molecule has 8 heteroatoms. The van der Waals surface area contributed by atoms with Crippen molar-refractivity contribution in [1.29, 1.82) is 0 Å². The summed E-state index contributed by atoms with van der Waals surface area (Å²) in [5, 5.41) is 2.85. The van der Waals surface area contributed by atoms with E-state index in [1.807, 2.05) is 14.1 Å².